The zero-order valence-electron chi connectivity index (χ0n) is 11.7. The van der Waals surface area contributed by atoms with E-state index in [2.05, 4.69) is 11.9 Å². The van der Waals surface area contributed by atoms with E-state index < -0.39 is 11.4 Å². The molecule has 0 bridgehead atoms. The van der Waals surface area contributed by atoms with Crippen LogP contribution < -0.4 is 5.32 Å². The van der Waals surface area contributed by atoms with Gasteiger partial charge in [-0.05, 0) is 18.6 Å². The van der Waals surface area contributed by atoms with Crippen molar-refractivity contribution in [3.8, 4) is 0 Å². The third-order valence-electron chi connectivity index (χ3n) is 2.36. The van der Waals surface area contributed by atoms with E-state index >= 15 is 0 Å². The van der Waals surface area contributed by atoms with Gasteiger partial charge in [-0.2, -0.15) is 0 Å². The molecule has 19 heavy (non-hydrogen) atoms. The average Bonchev–Trinajstić information content (AvgIpc) is 2.26. The van der Waals surface area contributed by atoms with E-state index in [0.29, 0.717) is 5.57 Å². The summed E-state index contributed by atoms with van der Waals surface area (Å²) in [4.78, 5) is 22.7. The van der Waals surface area contributed by atoms with E-state index in [1.54, 1.807) is 33.8 Å². The van der Waals surface area contributed by atoms with Gasteiger partial charge in [0.2, 0.25) is 5.91 Å². The van der Waals surface area contributed by atoms with E-state index in [4.69, 9.17) is 16.7 Å². The van der Waals surface area contributed by atoms with Gasteiger partial charge >= 0.3 is 5.97 Å². The molecule has 0 saturated carbocycles. The summed E-state index contributed by atoms with van der Waals surface area (Å²) in [5, 5.41) is 11.7. The van der Waals surface area contributed by atoms with Gasteiger partial charge in [-0.1, -0.05) is 45.0 Å². The largest absolute Gasteiger partial charge is 0.478 e. The fourth-order valence-electron chi connectivity index (χ4n) is 1.13. The number of carbonyl (C=O) groups is 2. The van der Waals surface area contributed by atoms with Gasteiger partial charge in [0, 0.05) is 17.0 Å². The van der Waals surface area contributed by atoms with Crippen LogP contribution in [0.1, 0.15) is 27.7 Å². The number of carboxylic acid groups (broad SMARTS) is 1. The lowest BCUT2D eigenvalue weighted by Gasteiger charge is -2.18. The first-order chi connectivity index (χ1) is 8.59. The number of rotatable bonds is 5. The van der Waals surface area contributed by atoms with Crippen molar-refractivity contribution in [3.05, 3.63) is 34.9 Å². The molecule has 0 saturated heterocycles. The summed E-state index contributed by atoms with van der Waals surface area (Å²) in [6, 6.07) is 0. The SMILES string of the molecule is C=C(Cl)/C(=C\C(=C/C)CNC(=O)C(C)(C)C)C(=O)O. The lowest BCUT2D eigenvalue weighted by molar-refractivity contribution is -0.132. The Morgan fingerprint density at radius 2 is 1.89 bits per heavy atom. The molecule has 0 aliphatic carbocycles. The van der Waals surface area contributed by atoms with Crippen LogP contribution in [0, 0.1) is 5.41 Å². The second-order valence-corrected chi connectivity index (χ2v) is 5.52. The van der Waals surface area contributed by atoms with Crippen LogP contribution in [0.2, 0.25) is 0 Å². The lowest BCUT2D eigenvalue weighted by Crippen LogP contribution is -2.35. The number of aliphatic carboxylic acids is 1. The van der Waals surface area contributed by atoms with Crippen LogP contribution in [0.3, 0.4) is 0 Å². The third-order valence-corrected chi connectivity index (χ3v) is 2.56. The molecule has 0 atom stereocenters. The molecule has 0 radical (unpaired) electrons. The van der Waals surface area contributed by atoms with Gasteiger partial charge in [-0.3, -0.25) is 4.79 Å². The van der Waals surface area contributed by atoms with Crippen LogP contribution in [-0.4, -0.2) is 23.5 Å². The molecular weight excluding hydrogens is 266 g/mol. The summed E-state index contributed by atoms with van der Waals surface area (Å²) in [6.07, 6.45) is 3.12. The van der Waals surface area contributed by atoms with E-state index in [-0.39, 0.29) is 23.1 Å². The van der Waals surface area contributed by atoms with Crippen LogP contribution in [0.15, 0.2) is 34.9 Å². The first-order valence-electron chi connectivity index (χ1n) is 5.82. The first kappa shape index (κ1) is 17.4. The van der Waals surface area contributed by atoms with Gasteiger partial charge in [0.05, 0.1) is 5.57 Å². The quantitative estimate of drug-likeness (QED) is 0.603. The van der Waals surface area contributed by atoms with Crippen molar-refractivity contribution in [1.82, 2.24) is 5.32 Å². The lowest BCUT2D eigenvalue weighted by atomic mass is 9.95. The molecule has 0 fully saturated rings. The number of nitrogens with one attached hydrogen (secondary N) is 1. The Morgan fingerprint density at radius 1 is 1.37 bits per heavy atom. The minimum absolute atomic E-state index is 0.0472. The zero-order valence-corrected chi connectivity index (χ0v) is 12.5. The molecular formula is C14H20ClNO3. The molecule has 1 amide bonds. The summed E-state index contributed by atoms with van der Waals surface area (Å²) in [5.74, 6) is -1.26. The number of hydrogen-bond acceptors (Lipinski definition) is 2. The molecule has 4 nitrogen and oxygen atoms in total. The average molecular weight is 286 g/mol. The van der Waals surface area contributed by atoms with E-state index in [1.165, 1.54) is 6.08 Å². The maximum Gasteiger partial charge on any atom is 0.337 e. The number of hydrogen-bond donors (Lipinski definition) is 2. The number of halogens is 1. The van der Waals surface area contributed by atoms with Gasteiger partial charge in [-0.15, -0.1) is 0 Å². The van der Waals surface area contributed by atoms with E-state index in [0.717, 1.165) is 0 Å². The second-order valence-electron chi connectivity index (χ2n) is 5.06. The fourth-order valence-corrected chi connectivity index (χ4v) is 1.26. The normalized spacial score (nSPS) is 13.1. The molecule has 0 spiro atoms. The molecule has 106 valence electrons. The maximum absolute atomic E-state index is 11.7. The highest BCUT2D eigenvalue weighted by atomic mass is 35.5. The minimum Gasteiger partial charge on any atom is -0.478 e. The molecule has 0 aromatic rings. The predicted molar refractivity (Wildman–Crippen MR) is 76.9 cm³/mol. The maximum atomic E-state index is 11.7. The number of amides is 1. The fraction of sp³-hybridized carbons (Fsp3) is 0.429. The standard InChI is InChI=1S/C14H20ClNO3/c1-6-10(7-11(9(2)15)12(17)18)8-16-13(19)14(3,4)5/h6-7H,2,8H2,1,3-5H3,(H,16,19)(H,17,18)/b10-6+,11-7+. The van der Waals surface area contributed by atoms with Crippen LogP contribution >= 0.6 is 11.6 Å². The summed E-state index contributed by atoms with van der Waals surface area (Å²) in [6.45, 7) is 10.8. The smallest absolute Gasteiger partial charge is 0.337 e. The van der Waals surface area contributed by atoms with Crippen LogP contribution in [0.4, 0.5) is 0 Å². The summed E-state index contributed by atoms with van der Waals surface area (Å²) in [7, 11) is 0. The molecule has 0 aromatic heterocycles. The zero-order chi connectivity index (χ0) is 15.2. The molecule has 2 N–H and O–H groups in total. The van der Waals surface area contributed by atoms with Crippen molar-refractivity contribution in [2.45, 2.75) is 27.7 Å². The van der Waals surface area contributed by atoms with E-state index in [9.17, 15) is 9.59 Å². The Hall–Kier alpha value is -1.55. The van der Waals surface area contributed by atoms with Crippen molar-refractivity contribution in [2.24, 2.45) is 5.41 Å². The molecule has 0 heterocycles. The Kier molecular flexibility index (Phi) is 6.56. The van der Waals surface area contributed by atoms with Crippen molar-refractivity contribution in [2.75, 3.05) is 6.54 Å². The van der Waals surface area contributed by atoms with Crippen LogP contribution in [0.25, 0.3) is 0 Å². The van der Waals surface area contributed by atoms with Gasteiger partial charge in [-0.25, -0.2) is 4.79 Å². The number of carbonyl (C=O) groups excluding carboxylic acids is 1. The Balaban J connectivity index is 4.89. The van der Waals surface area contributed by atoms with Gasteiger partial charge in [0.15, 0.2) is 0 Å². The van der Waals surface area contributed by atoms with Crippen molar-refractivity contribution in [3.63, 3.8) is 0 Å². The van der Waals surface area contributed by atoms with Crippen molar-refractivity contribution < 1.29 is 14.7 Å². The van der Waals surface area contributed by atoms with Crippen LogP contribution in [0.5, 0.6) is 0 Å². The highest BCUT2D eigenvalue weighted by Gasteiger charge is 2.20. The first-order valence-corrected chi connectivity index (χ1v) is 6.20. The van der Waals surface area contributed by atoms with E-state index in [1.807, 2.05) is 0 Å². The van der Waals surface area contributed by atoms with Gasteiger partial charge in [0.1, 0.15) is 0 Å². The Labute approximate surface area is 118 Å². The summed E-state index contributed by atoms with van der Waals surface area (Å²) >= 11 is 5.62. The molecule has 5 heteroatoms. The van der Waals surface area contributed by atoms with Crippen molar-refractivity contribution >= 4 is 23.5 Å². The number of carboxylic acids is 1. The van der Waals surface area contributed by atoms with Gasteiger partial charge < -0.3 is 10.4 Å². The number of allylic oxidation sites excluding steroid dienone is 1. The van der Waals surface area contributed by atoms with Crippen LogP contribution in [-0.2, 0) is 9.59 Å². The molecule has 0 aliphatic heterocycles. The topological polar surface area (TPSA) is 66.4 Å². The Morgan fingerprint density at radius 3 is 2.21 bits per heavy atom. The summed E-state index contributed by atoms with van der Waals surface area (Å²) < 4.78 is 0. The summed E-state index contributed by atoms with van der Waals surface area (Å²) in [5.41, 5.74) is 0.0745. The highest BCUT2D eigenvalue weighted by Crippen LogP contribution is 2.16. The highest BCUT2D eigenvalue weighted by molar-refractivity contribution is 6.34. The molecule has 0 unspecified atom stereocenters. The molecule has 0 aromatic carbocycles. The monoisotopic (exact) mass is 285 g/mol. The third kappa shape index (κ3) is 6.25. The predicted octanol–water partition coefficient (Wildman–Crippen LogP) is 2.86. The van der Waals surface area contributed by atoms with Gasteiger partial charge in [0.25, 0.3) is 0 Å². The minimum atomic E-state index is -1.15. The Bertz CT molecular complexity index is 426. The molecule has 0 rings (SSSR count). The second kappa shape index (κ2) is 7.14. The molecule has 0 aliphatic rings. The van der Waals surface area contributed by atoms with Crippen molar-refractivity contribution in [1.29, 1.82) is 0 Å².